The zero-order valence-corrected chi connectivity index (χ0v) is 11.1. The summed E-state index contributed by atoms with van der Waals surface area (Å²) in [7, 11) is 0. The zero-order chi connectivity index (χ0) is 13.8. The lowest BCUT2D eigenvalue weighted by Crippen LogP contribution is -2.04. The molecule has 0 aromatic carbocycles. The minimum atomic E-state index is -0.555. The Kier molecular flexibility index (Phi) is 3.91. The van der Waals surface area contributed by atoms with Gasteiger partial charge in [0.1, 0.15) is 10.8 Å². The first-order valence-corrected chi connectivity index (χ1v) is 6.50. The number of nitrogens with one attached hydrogen (secondary N) is 1. The number of nitrogen functional groups attached to an aromatic ring is 1. The first-order chi connectivity index (χ1) is 9.10. The van der Waals surface area contributed by atoms with Crippen LogP contribution < -0.4 is 11.1 Å². The van der Waals surface area contributed by atoms with Crippen LogP contribution in [0.5, 0.6) is 0 Å². The van der Waals surface area contributed by atoms with E-state index in [2.05, 4.69) is 22.2 Å². The van der Waals surface area contributed by atoms with Crippen molar-refractivity contribution in [1.29, 1.82) is 0 Å². The maximum atomic E-state index is 10.6. The molecule has 0 bridgehead atoms. The molecular formula is C11H13N5O2S. The molecule has 0 aliphatic carbocycles. The van der Waals surface area contributed by atoms with Gasteiger partial charge in [-0.25, -0.2) is 9.97 Å². The lowest BCUT2D eigenvalue weighted by atomic mass is 10.4. The first kappa shape index (κ1) is 13.2. The van der Waals surface area contributed by atoms with Crippen molar-refractivity contribution in [1.82, 2.24) is 9.97 Å². The number of thiazole rings is 1. The number of nitrogens with two attached hydrogens (primary N) is 1. The Balaban J connectivity index is 2.03. The second kappa shape index (κ2) is 5.61. The minimum Gasteiger partial charge on any atom is -0.378 e. The number of nitro groups is 1. The number of aryl methyl sites for hydroxylation is 1. The van der Waals surface area contributed by atoms with E-state index in [9.17, 15) is 10.1 Å². The third kappa shape index (κ3) is 3.16. The molecule has 0 spiro atoms. The third-order valence-corrected chi connectivity index (χ3v) is 3.61. The summed E-state index contributed by atoms with van der Waals surface area (Å²) in [5.41, 5.74) is 5.32. The Morgan fingerprint density at radius 3 is 2.89 bits per heavy atom. The molecule has 2 rings (SSSR count). The lowest BCUT2D eigenvalue weighted by molar-refractivity contribution is -0.384. The van der Waals surface area contributed by atoms with Gasteiger partial charge >= 0.3 is 5.69 Å². The van der Waals surface area contributed by atoms with Crippen LogP contribution in [0, 0.1) is 10.1 Å². The molecule has 0 radical (unpaired) electrons. The highest BCUT2D eigenvalue weighted by Crippen LogP contribution is 2.21. The Bertz CT molecular complexity index is 599. The van der Waals surface area contributed by atoms with Crippen LogP contribution in [0.3, 0.4) is 0 Å². The van der Waals surface area contributed by atoms with E-state index in [0.29, 0.717) is 12.4 Å². The molecule has 2 aromatic rings. The van der Waals surface area contributed by atoms with Crippen molar-refractivity contribution in [3.63, 3.8) is 0 Å². The Hall–Kier alpha value is -2.22. The van der Waals surface area contributed by atoms with E-state index >= 15 is 0 Å². The highest BCUT2D eigenvalue weighted by Gasteiger charge is 2.12. The van der Waals surface area contributed by atoms with E-state index in [1.807, 2.05) is 6.20 Å². The maximum absolute atomic E-state index is 10.6. The number of hydrogen-bond donors (Lipinski definition) is 2. The van der Waals surface area contributed by atoms with Crippen molar-refractivity contribution in [3.05, 3.63) is 38.3 Å². The van der Waals surface area contributed by atoms with Crippen molar-refractivity contribution in [2.24, 2.45) is 0 Å². The van der Waals surface area contributed by atoms with Gasteiger partial charge in [-0.2, -0.15) is 0 Å². The van der Waals surface area contributed by atoms with Crippen LogP contribution in [-0.2, 0) is 13.0 Å². The van der Waals surface area contributed by atoms with Crippen LogP contribution in [0.25, 0.3) is 0 Å². The smallest absolute Gasteiger partial charge is 0.311 e. The second-order valence-corrected chi connectivity index (χ2v) is 4.99. The van der Waals surface area contributed by atoms with Crippen LogP contribution >= 0.6 is 11.3 Å². The van der Waals surface area contributed by atoms with Gasteiger partial charge in [0, 0.05) is 17.1 Å². The molecular weight excluding hydrogens is 266 g/mol. The summed E-state index contributed by atoms with van der Waals surface area (Å²) < 4.78 is 0. The molecule has 8 heteroatoms. The number of nitrogens with zero attached hydrogens (tertiary/aromatic N) is 3. The fourth-order valence-electron chi connectivity index (χ4n) is 1.48. The normalized spacial score (nSPS) is 10.4. The number of pyridine rings is 1. The summed E-state index contributed by atoms with van der Waals surface area (Å²) in [5.74, 6) is 0.403. The van der Waals surface area contributed by atoms with Gasteiger partial charge in [-0.3, -0.25) is 10.1 Å². The zero-order valence-electron chi connectivity index (χ0n) is 10.3. The number of anilines is 2. The van der Waals surface area contributed by atoms with Gasteiger partial charge in [0.15, 0.2) is 0 Å². The molecule has 0 atom stereocenters. The summed E-state index contributed by atoms with van der Waals surface area (Å²) in [5, 5.41) is 14.6. The first-order valence-electron chi connectivity index (χ1n) is 5.68. The molecule has 0 saturated heterocycles. The summed E-state index contributed by atoms with van der Waals surface area (Å²) in [6, 6.07) is 2.87. The highest BCUT2D eigenvalue weighted by atomic mass is 32.1. The largest absolute Gasteiger partial charge is 0.378 e. The molecule has 0 aliphatic rings. The Labute approximate surface area is 113 Å². The van der Waals surface area contributed by atoms with Gasteiger partial charge < -0.3 is 11.1 Å². The van der Waals surface area contributed by atoms with Crippen molar-refractivity contribution in [2.45, 2.75) is 19.9 Å². The van der Waals surface area contributed by atoms with Crippen molar-refractivity contribution >= 4 is 28.7 Å². The standard InChI is InChI=1S/C11H13N5O2S/c1-2-7-5-14-10(19-7)6-13-9-4-3-8(16(17)18)11(12)15-9/h3-5H,2,6H2,1H3,(H3,12,13,15). The predicted octanol–water partition coefficient (Wildman–Crippen LogP) is 2.20. The van der Waals surface area contributed by atoms with Gasteiger partial charge in [0.05, 0.1) is 11.5 Å². The number of hydrogen-bond acceptors (Lipinski definition) is 7. The average molecular weight is 279 g/mol. The van der Waals surface area contributed by atoms with E-state index in [0.717, 1.165) is 11.4 Å². The van der Waals surface area contributed by atoms with Crippen LogP contribution in [0.15, 0.2) is 18.3 Å². The molecule has 0 amide bonds. The third-order valence-electron chi connectivity index (χ3n) is 2.47. The van der Waals surface area contributed by atoms with Gasteiger partial charge in [-0.1, -0.05) is 6.92 Å². The van der Waals surface area contributed by atoms with E-state index in [1.54, 1.807) is 11.3 Å². The Morgan fingerprint density at radius 1 is 1.53 bits per heavy atom. The molecule has 0 saturated carbocycles. The fraction of sp³-hybridized carbons (Fsp3) is 0.273. The molecule has 2 aromatic heterocycles. The second-order valence-electron chi connectivity index (χ2n) is 3.79. The van der Waals surface area contributed by atoms with Crippen LogP contribution in [-0.4, -0.2) is 14.9 Å². The minimum absolute atomic E-state index is 0.0941. The molecule has 19 heavy (non-hydrogen) atoms. The maximum Gasteiger partial charge on any atom is 0.311 e. The SMILES string of the molecule is CCc1cnc(CNc2ccc([N+](=O)[O-])c(N)n2)s1. The fourth-order valence-corrected chi connectivity index (χ4v) is 2.28. The van der Waals surface area contributed by atoms with E-state index in [1.165, 1.54) is 17.0 Å². The average Bonchev–Trinajstić information content (AvgIpc) is 2.84. The number of rotatable bonds is 5. The van der Waals surface area contributed by atoms with Crippen molar-refractivity contribution in [2.75, 3.05) is 11.1 Å². The monoisotopic (exact) mass is 279 g/mol. The van der Waals surface area contributed by atoms with Gasteiger partial charge in [-0.15, -0.1) is 11.3 Å². The molecule has 7 nitrogen and oxygen atoms in total. The molecule has 3 N–H and O–H groups in total. The van der Waals surface area contributed by atoms with Crippen molar-refractivity contribution in [3.8, 4) is 0 Å². The topological polar surface area (TPSA) is 107 Å². The lowest BCUT2D eigenvalue weighted by Gasteiger charge is -2.04. The van der Waals surface area contributed by atoms with Gasteiger partial charge in [0.25, 0.3) is 0 Å². The summed E-state index contributed by atoms with van der Waals surface area (Å²) in [6.45, 7) is 2.60. The van der Waals surface area contributed by atoms with E-state index < -0.39 is 4.92 Å². The molecule has 0 unspecified atom stereocenters. The summed E-state index contributed by atoms with van der Waals surface area (Å²) in [4.78, 5) is 19.5. The van der Waals surface area contributed by atoms with Gasteiger partial charge in [-0.05, 0) is 12.5 Å². The Morgan fingerprint density at radius 2 is 2.32 bits per heavy atom. The summed E-state index contributed by atoms with van der Waals surface area (Å²) >= 11 is 1.62. The van der Waals surface area contributed by atoms with E-state index in [4.69, 9.17) is 5.73 Å². The van der Waals surface area contributed by atoms with Crippen LogP contribution in [0.1, 0.15) is 16.8 Å². The van der Waals surface area contributed by atoms with Crippen molar-refractivity contribution < 1.29 is 4.92 Å². The quantitative estimate of drug-likeness (QED) is 0.641. The van der Waals surface area contributed by atoms with E-state index in [-0.39, 0.29) is 11.5 Å². The number of aromatic nitrogens is 2. The predicted molar refractivity (Wildman–Crippen MR) is 74.1 cm³/mol. The van der Waals surface area contributed by atoms with Crippen LogP contribution in [0.2, 0.25) is 0 Å². The van der Waals surface area contributed by atoms with Crippen LogP contribution in [0.4, 0.5) is 17.3 Å². The summed E-state index contributed by atoms with van der Waals surface area (Å²) in [6.07, 6.45) is 2.81. The molecule has 100 valence electrons. The van der Waals surface area contributed by atoms with Gasteiger partial charge in [0.2, 0.25) is 5.82 Å². The molecule has 0 aliphatic heterocycles. The highest BCUT2D eigenvalue weighted by molar-refractivity contribution is 7.11. The molecule has 0 fully saturated rings. The molecule has 2 heterocycles.